The number of anilines is 2. The van der Waals surface area contributed by atoms with Gasteiger partial charge >= 0.3 is 0 Å². The number of hydrogen-bond donors (Lipinski definition) is 2. The average Bonchev–Trinajstić information content (AvgIpc) is 2.38. The third-order valence-corrected chi connectivity index (χ3v) is 3.88. The number of halogens is 2. The third-order valence-electron chi connectivity index (χ3n) is 2.85. The standard InChI is InChI=1S/C15H14Cl2N2S/c1-9-3-4-12(8-14(9)17)19-15(20)18-11-5-6-13(16)10(2)7-11/h3-8H,1-2H3,(H2,18,19,20). The summed E-state index contributed by atoms with van der Waals surface area (Å²) < 4.78 is 0. The van der Waals surface area contributed by atoms with Crippen molar-refractivity contribution in [2.75, 3.05) is 10.6 Å². The highest BCUT2D eigenvalue weighted by molar-refractivity contribution is 7.80. The molecule has 0 saturated heterocycles. The highest BCUT2D eigenvalue weighted by Gasteiger charge is 2.03. The molecule has 0 aliphatic carbocycles. The summed E-state index contributed by atoms with van der Waals surface area (Å²) in [4.78, 5) is 0. The van der Waals surface area contributed by atoms with Gasteiger partial charge in [-0.1, -0.05) is 29.3 Å². The van der Waals surface area contributed by atoms with Gasteiger partial charge in [0.1, 0.15) is 0 Å². The van der Waals surface area contributed by atoms with Gasteiger partial charge in [-0.2, -0.15) is 0 Å². The van der Waals surface area contributed by atoms with Gasteiger partial charge < -0.3 is 10.6 Å². The molecule has 0 spiro atoms. The van der Waals surface area contributed by atoms with Crippen LogP contribution in [0.1, 0.15) is 11.1 Å². The molecule has 2 aromatic carbocycles. The van der Waals surface area contributed by atoms with E-state index in [1.165, 1.54) is 0 Å². The molecule has 0 fully saturated rings. The van der Waals surface area contributed by atoms with Crippen molar-refractivity contribution in [1.82, 2.24) is 0 Å². The van der Waals surface area contributed by atoms with E-state index < -0.39 is 0 Å². The first-order valence-corrected chi connectivity index (χ1v) is 7.22. The van der Waals surface area contributed by atoms with Crippen LogP contribution in [-0.2, 0) is 0 Å². The Hall–Kier alpha value is -1.29. The molecule has 0 aliphatic rings. The van der Waals surface area contributed by atoms with Gasteiger partial charge in [0.25, 0.3) is 0 Å². The zero-order valence-corrected chi connectivity index (χ0v) is 13.5. The first-order chi connectivity index (χ1) is 9.45. The minimum absolute atomic E-state index is 0.506. The summed E-state index contributed by atoms with van der Waals surface area (Å²) in [6, 6.07) is 11.4. The molecule has 104 valence electrons. The monoisotopic (exact) mass is 324 g/mol. The Morgan fingerprint density at radius 2 is 1.45 bits per heavy atom. The molecule has 2 nitrogen and oxygen atoms in total. The predicted molar refractivity (Wildman–Crippen MR) is 92.2 cm³/mol. The number of nitrogens with one attached hydrogen (secondary N) is 2. The number of rotatable bonds is 2. The minimum atomic E-state index is 0.506. The Morgan fingerprint density at radius 1 is 0.850 bits per heavy atom. The Labute approximate surface area is 134 Å². The van der Waals surface area contributed by atoms with Crippen molar-refractivity contribution in [2.45, 2.75) is 13.8 Å². The van der Waals surface area contributed by atoms with E-state index in [1.54, 1.807) is 0 Å². The molecule has 0 aliphatic heterocycles. The maximum atomic E-state index is 6.08. The summed E-state index contributed by atoms with van der Waals surface area (Å²) >= 11 is 17.3. The van der Waals surface area contributed by atoms with E-state index in [1.807, 2.05) is 50.2 Å². The molecule has 2 N–H and O–H groups in total. The third kappa shape index (κ3) is 3.85. The van der Waals surface area contributed by atoms with Crippen molar-refractivity contribution in [2.24, 2.45) is 0 Å². The molecule has 0 aromatic heterocycles. The van der Waals surface area contributed by atoms with Crippen LogP contribution in [0.15, 0.2) is 36.4 Å². The van der Waals surface area contributed by atoms with Crippen LogP contribution in [0.2, 0.25) is 10.0 Å². The average molecular weight is 325 g/mol. The van der Waals surface area contributed by atoms with Crippen molar-refractivity contribution in [3.8, 4) is 0 Å². The summed E-state index contributed by atoms with van der Waals surface area (Å²) in [5.41, 5.74) is 3.77. The van der Waals surface area contributed by atoms with Gasteiger partial charge in [-0.3, -0.25) is 0 Å². The van der Waals surface area contributed by atoms with Crippen LogP contribution < -0.4 is 10.6 Å². The summed E-state index contributed by atoms with van der Waals surface area (Å²) in [5, 5.41) is 8.16. The summed E-state index contributed by atoms with van der Waals surface area (Å²) in [5.74, 6) is 0. The van der Waals surface area contributed by atoms with Crippen molar-refractivity contribution in [1.29, 1.82) is 0 Å². The topological polar surface area (TPSA) is 24.1 Å². The summed E-state index contributed by atoms with van der Waals surface area (Å²) in [6.07, 6.45) is 0. The number of hydrogen-bond acceptors (Lipinski definition) is 1. The first kappa shape index (κ1) is 15.1. The molecule has 5 heteroatoms. The van der Waals surface area contributed by atoms with E-state index in [9.17, 15) is 0 Å². The molecular weight excluding hydrogens is 311 g/mol. The number of thiocarbonyl (C=S) groups is 1. The number of benzene rings is 2. The van der Waals surface area contributed by atoms with E-state index in [0.29, 0.717) is 10.1 Å². The second-order valence-electron chi connectivity index (χ2n) is 4.51. The fourth-order valence-corrected chi connectivity index (χ4v) is 2.22. The Kier molecular flexibility index (Phi) is 4.86. The highest BCUT2D eigenvalue weighted by atomic mass is 35.5. The van der Waals surface area contributed by atoms with Crippen LogP contribution in [0.5, 0.6) is 0 Å². The quantitative estimate of drug-likeness (QED) is 0.721. The van der Waals surface area contributed by atoms with Crippen LogP contribution in [0.3, 0.4) is 0 Å². The molecule has 0 bridgehead atoms. The lowest BCUT2D eigenvalue weighted by Gasteiger charge is -2.12. The van der Waals surface area contributed by atoms with E-state index in [4.69, 9.17) is 35.4 Å². The minimum Gasteiger partial charge on any atom is -0.332 e. The zero-order chi connectivity index (χ0) is 14.7. The Morgan fingerprint density at radius 3 is 2.05 bits per heavy atom. The Balaban J connectivity index is 2.04. The van der Waals surface area contributed by atoms with Crippen LogP contribution in [0, 0.1) is 13.8 Å². The Bertz CT molecular complexity index is 601. The second kappa shape index (κ2) is 6.44. The lowest BCUT2D eigenvalue weighted by Crippen LogP contribution is -2.19. The summed E-state index contributed by atoms with van der Waals surface area (Å²) in [7, 11) is 0. The van der Waals surface area contributed by atoms with E-state index in [2.05, 4.69) is 10.6 Å². The molecule has 0 amide bonds. The normalized spacial score (nSPS) is 10.2. The van der Waals surface area contributed by atoms with Crippen LogP contribution in [-0.4, -0.2) is 5.11 Å². The van der Waals surface area contributed by atoms with Crippen LogP contribution >= 0.6 is 35.4 Å². The molecule has 2 aromatic rings. The van der Waals surface area contributed by atoms with Gasteiger partial charge in [-0.05, 0) is 67.5 Å². The maximum absolute atomic E-state index is 6.08. The van der Waals surface area contributed by atoms with Gasteiger partial charge in [0.05, 0.1) is 0 Å². The molecule has 0 heterocycles. The molecule has 20 heavy (non-hydrogen) atoms. The lowest BCUT2D eigenvalue weighted by molar-refractivity contribution is 1.45. The molecular formula is C15H14Cl2N2S. The van der Waals surface area contributed by atoms with Crippen LogP contribution in [0.4, 0.5) is 11.4 Å². The number of aryl methyl sites for hydroxylation is 2. The molecule has 0 atom stereocenters. The predicted octanol–water partition coefficient (Wildman–Crippen LogP) is 5.42. The van der Waals surface area contributed by atoms with Gasteiger partial charge in [0, 0.05) is 21.4 Å². The highest BCUT2D eigenvalue weighted by Crippen LogP contribution is 2.21. The smallest absolute Gasteiger partial charge is 0.175 e. The van der Waals surface area contributed by atoms with E-state index in [-0.39, 0.29) is 0 Å². The fraction of sp³-hybridized carbons (Fsp3) is 0.133. The second-order valence-corrected chi connectivity index (χ2v) is 5.73. The van der Waals surface area contributed by atoms with Crippen LogP contribution in [0.25, 0.3) is 0 Å². The first-order valence-electron chi connectivity index (χ1n) is 6.06. The lowest BCUT2D eigenvalue weighted by atomic mass is 10.2. The van der Waals surface area contributed by atoms with Crippen molar-refractivity contribution in [3.63, 3.8) is 0 Å². The van der Waals surface area contributed by atoms with E-state index in [0.717, 1.165) is 27.5 Å². The van der Waals surface area contributed by atoms with Crippen molar-refractivity contribution >= 4 is 51.9 Å². The summed E-state index contributed by atoms with van der Waals surface area (Å²) in [6.45, 7) is 3.91. The SMILES string of the molecule is Cc1cc(NC(=S)Nc2ccc(C)c(Cl)c2)ccc1Cl. The zero-order valence-electron chi connectivity index (χ0n) is 11.1. The van der Waals surface area contributed by atoms with Gasteiger partial charge in [-0.25, -0.2) is 0 Å². The van der Waals surface area contributed by atoms with E-state index >= 15 is 0 Å². The molecule has 0 radical (unpaired) electrons. The van der Waals surface area contributed by atoms with Gasteiger partial charge in [0.15, 0.2) is 5.11 Å². The molecule has 2 rings (SSSR count). The molecule has 0 unspecified atom stereocenters. The molecule has 0 saturated carbocycles. The van der Waals surface area contributed by atoms with Gasteiger partial charge in [0.2, 0.25) is 0 Å². The largest absolute Gasteiger partial charge is 0.332 e. The van der Waals surface area contributed by atoms with Crippen molar-refractivity contribution < 1.29 is 0 Å². The fourth-order valence-electron chi connectivity index (χ4n) is 1.69. The maximum Gasteiger partial charge on any atom is 0.175 e. The van der Waals surface area contributed by atoms with Gasteiger partial charge in [-0.15, -0.1) is 0 Å². The van der Waals surface area contributed by atoms with Crippen molar-refractivity contribution in [3.05, 3.63) is 57.6 Å².